The summed E-state index contributed by atoms with van der Waals surface area (Å²) in [5.41, 5.74) is 3.76. The molecule has 1 aliphatic rings. The third kappa shape index (κ3) is 3.52. The zero-order chi connectivity index (χ0) is 17.8. The fourth-order valence-electron chi connectivity index (χ4n) is 3.09. The van der Waals surface area contributed by atoms with E-state index in [1.807, 2.05) is 30.5 Å². The largest absolute Gasteiger partial charge is 0.378 e. The molecule has 5 nitrogen and oxygen atoms in total. The molecule has 6 heteroatoms. The highest BCUT2D eigenvalue weighted by Crippen LogP contribution is 2.33. The van der Waals surface area contributed by atoms with Gasteiger partial charge in [0.15, 0.2) is 0 Å². The number of ether oxygens (including phenoxy) is 1. The third-order valence-electron chi connectivity index (χ3n) is 4.37. The first-order chi connectivity index (χ1) is 12.8. The molecule has 1 N–H and O–H groups in total. The lowest BCUT2D eigenvalue weighted by molar-refractivity contribution is 0.112. The summed E-state index contributed by atoms with van der Waals surface area (Å²) in [5.74, 6) is 0. The number of benzene rings is 2. The Morgan fingerprint density at radius 3 is 2.85 bits per heavy atom. The van der Waals surface area contributed by atoms with E-state index in [1.54, 1.807) is 6.07 Å². The molecule has 2 aromatic carbocycles. The quantitative estimate of drug-likeness (QED) is 0.545. The predicted octanol–water partition coefficient (Wildman–Crippen LogP) is 4.00. The number of aromatic nitrogens is 1. The molecular weight excluding hydrogens is 346 g/mol. The Labute approximate surface area is 156 Å². The van der Waals surface area contributed by atoms with Crippen LogP contribution >= 0.6 is 11.9 Å². The van der Waals surface area contributed by atoms with E-state index in [4.69, 9.17) is 4.74 Å². The average molecular weight is 365 g/mol. The Morgan fingerprint density at radius 2 is 2.00 bits per heavy atom. The highest BCUT2D eigenvalue weighted by molar-refractivity contribution is 8.00. The highest BCUT2D eigenvalue weighted by atomic mass is 32.2. The topological polar surface area (TPSA) is 54.5 Å². The van der Waals surface area contributed by atoms with E-state index in [0.717, 1.165) is 54.1 Å². The van der Waals surface area contributed by atoms with Crippen molar-refractivity contribution in [3.63, 3.8) is 0 Å². The number of anilines is 2. The molecule has 3 aromatic rings. The summed E-state index contributed by atoms with van der Waals surface area (Å²) in [6.45, 7) is 3.30. The van der Waals surface area contributed by atoms with Gasteiger partial charge in [-0.25, -0.2) is 0 Å². The van der Waals surface area contributed by atoms with Gasteiger partial charge in [0.2, 0.25) is 0 Å². The van der Waals surface area contributed by atoms with Crippen molar-refractivity contribution in [3.8, 4) is 0 Å². The molecule has 0 unspecified atom stereocenters. The average Bonchev–Trinajstić information content (AvgIpc) is 2.72. The maximum atomic E-state index is 10.9. The first kappa shape index (κ1) is 16.9. The third-order valence-corrected chi connectivity index (χ3v) is 5.18. The number of nitrogens with zero attached hydrogens (tertiary/aromatic N) is 2. The minimum absolute atomic E-state index is 0.669. The first-order valence-corrected chi connectivity index (χ1v) is 9.35. The number of fused-ring (bicyclic) bond motifs is 1. The summed E-state index contributed by atoms with van der Waals surface area (Å²) in [4.78, 5) is 18.9. The van der Waals surface area contributed by atoms with Crippen LogP contribution in [-0.2, 0) is 4.74 Å². The van der Waals surface area contributed by atoms with Gasteiger partial charge in [-0.05, 0) is 48.3 Å². The van der Waals surface area contributed by atoms with E-state index < -0.39 is 0 Å². The van der Waals surface area contributed by atoms with Crippen LogP contribution in [0.4, 0.5) is 11.4 Å². The minimum Gasteiger partial charge on any atom is -0.378 e. The van der Waals surface area contributed by atoms with Crippen LogP contribution in [0.25, 0.3) is 10.9 Å². The SMILES string of the molecule is O=Cc1cccc(SNc2ccc(N3CCOCC3)c3cccnc23)c1. The van der Waals surface area contributed by atoms with Gasteiger partial charge in [-0.15, -0.1) is 0 Å². The van der Waals surface area contributed by atoms with E-state index in [1.165, 1.54) is 17.6 Å². The Balaban J connectivity index is 1.62. The lowest BCUT2D eigenvalue weighted by atomic mass is 10.1. The molecular formula is C20H19N3O2S. The van der Waals surface area contributed by atoms with E-state index >= 15 is 0 Å². The molecule has 0 spiro atoms. The Morgan fingerprint density at radius 1 is 1.12 bits per heavy atom. The number of carbonyl (C=O) groups is 1. The maximum Gasteiger partial charge on any atom is 0.150 e. The van der Waals surface area contributed by atoms with Gasteiger partial charge in [-0.3, -0.25) is 9.78 Å². The van der Waals surface area contributed by atoms with Crippen LogP contribution in [0.3, 0.4) is 0 Å². The maximum absolute atomic E-state index is 10.9. The van der Waals surface area contributed by atoms with Gasteiger partial charge in [0, 0.05) is 40.8 Å². The monoisotopic (exact) mass is 365 g/mol. The lowest BCUT2D eigenvalue weighted by Gasteiger charge is -2.30. The fraction of sp³-hybridized carbons (Fsp3) is 0.200. The van der Waals surface area contributed by atoms with Crippen LogP contribution in [0.15, 0.2) is 59.6 Å². The number of hydrogen-bond donors (Lipinski definition) is 1. The molecule has 1 saturated heterocycles. The number of rotatable bonds is 5. The van der Waals surface area contributed by atoms with Gasteiger partial charge in [-0.2, -0.15) is 0 Å². The number of nitrogens with one attached hydrogen (secondary N) is 1. The fourth-order valence-corrected chi connectivity index (χ4v) is 3.82. The number of morpholine rings is 1. The molecule has 0 atom stereocenters. The molecule has 4 rings (SSSR count). The summed E-state index contributed by atoms with van der Waals surface area (Å²) in [5, 5.41) is 1.13. The van der Waals surface area contributed by atoms with Gasteiger partial charge in [0.05, 0.1) is 24.4 Å². The second-order valence-electron chi connectivity index (χ2n) is 6.03. The van der Waals surface area contributed by atoms with Crippen LogP contribution < -0.4 is 9.62 Å². The molecule has 26 heavy (non-hydrogen) atoms. The van der Waals surface area contributed by atoms with Gasteiger partial charge in [-0.1, -0.05) is 12.1 Å². The smallest absolute Gasteiger partial charge is 0.150 e. The zero-order valence-corrected chi connectivity index (χ0v) is 15.0. The first-order valence-electron chi connectivity index (χ1n) is 8.54. The molecule has 2 heterocycles. The summed E-state index contributed by atoms with van der Waals surface area (Å²) < 4.78 is 8.85. The van der Waals surface area contributed by atoms with Crippen molar-refractivity contribution in [1.82, 2.24) is 4.98 Å². The summed E-state index contributed by atoms with van der Waals surface area (Å²) in [6, 6.07) is 15.8. The summed E-state index contributed by atoms with van der Waals surface area (Å²) in [6.07, 6.45) is 2.67. The van der Waals surface area contributed by atoms with Gasteiger partial charge in [0.25, 0.3) is 0 Å². The molecule has 132 valence electrons. The van der Waals surface area contributed by atoms with Crippen molar-refractivity contribution < 1.29 is 9.53 Å². The van der Waals surface area contributed by atoms with Gasteiger partial charge < -0.3 is 14.4 Å². The van der Waals surface area contributed by atoms with Gasteiger partial charge in [0.1, 0.15) is 6.29 Å². The number of hydrogen-bond acceptors (Lipinski definition) is 6. The molecule has 1 aromatic heterocycles. The van der Waals surface area contributed by atoms with Gasteiger partial charge >= 0.3 is 0 Å². The second kappa shape index (κ2) is 7.76. The molecule has 0 amide bonds. The van der Waals surface area contributed by atoms with Crippen LogP contribution in [-0.4, -0.2) is 37.6 Å². The van der Waals surface area contributed by atoms with Crippen LogP contribution in [0.2, 0.25) is 0 Å². The van der Waals surface area contributed by atoms with Crippen LogP contribution in [0.5, 0.6) is 0 Å². The standard InChI is InChI=1S/C20H19N3O2S/c24-14-15-3-1-4-16(13-15)26-22-18-6-7-19(23-9-11-25-12-10-23)17-5-2-8-21-20(17)18/h1-8,13-14,22H,9-12H2. The lowest BCUT2D eigenvalue weighted by Crippen LogP contribution is -2.36. The number of carbonyl (C=O) groups excluding carboxylic acids is 1. The molecule has 0 bridgehead atoms. The van der Waals surface area contributed by atoms with E-state index in [9.17, 15) is 4.79 Å². The molecule has 1 fully saturated rings. The van der Waals surface area contributed by atoms with Crippen molar-refractivity contribution in [2.75, 3.05) is 35.9 Å². The number of pyridine rings is 1. The number of aldehydes is 1. The van der Waals surface area contributed by atoms with Crippen molar-refractivity contribution in [1.29, 1.82) is 0 Å². The van der Waals surface area contributed by atoms with Crippen LogP contribution in [0, 0.1) is 0 Å². The summed E-state index contributed by atoms with van der Waals surface area (Å²) >= 11 is 1.48. The minimum atomic E-state index is 0.669. The molecule has 0 radical (unpaired) electrons. The van der Waals surface area contributed by atoms with E-state index in [0.29, 0.717) is 5.56 Å². The molecule has 0 saturated carbocycles. The van der Waals surface area contributed by atoms with Crippen LogP contribution in [0.1, 0.15) is 10.4 Å². The Hall–Kier alpha value is -2.57. The van der Waals surface area contributed by atoms with Crippen molar-refractivity contribution in [3.05, 3.63) is 60.3 Å². The van der Waals surface area contributed by atoms with Crippen molar-refractivity contribution >= 4 is 40.5 Å². The Kier molecular flexibility index (Phi) is 5.04. The normalized spacial score (nSPS) is 14.4. The van der Waals surface area contributed by atoms with Crippen molar-refractivity contribution in [2.45, 2.75) is 4.90 Å². The zero-order valence-electron chi connectivity index (χ0n) is 14.2. The Bertz CT molecular complexity index is 926. The molecule has 1 aliphatic heterocycles. The van der Waals surface area contributed by atoms with E-state index in [2.05, 4.69) is 32.8 Å². The highest BCUT2D eigenvalue weighted by Gasteiger charge is 2.15. The summed E-state index contributed by atoms with van der Waals surface area (Å²) in [7, 11) is 0. The van der Waals surface area contributed by atoms with Crippen molar-refractivity contribution in [2.24, 2.45) is 0 Å². The molecule has 0 aliphatic carbocycles. The van der Waals surface area contributed by atoms with E-state index in [-0.39, 0.29) is 0 Å². The second-order valence-corrected chi connectivity index (χ2v) is 6.91. The predicted molar refractivity (Wildman–Crippen MR) is 106 cm³/mol.